The highest BCUT2D eigenvalue weighted by molar-refractivity contribution is 5.77. The number of aromatic nitrogens is 1. The lowest BCUT2D eigenvalue weighted by Crippen LogP contribution is -2.31. The van der Waals surface area contributed by atoms with Crippen molar-refractivity contribution in [1.82, 2.24) is 4.57 Å². The third-order valence-electron chi connectivity index (χ3n) is 5.06. The monoisotopic (exact) mass is 324 g/mol. The molecule has 2 heterocycles. The number of nitrogens with zero attached hydrogens (tertiary/aromatic N) is 2. The zero-order chi connectivity index (χ0) is 16.8. The first-order chi connectivity index (χ1) is 11.6. The first-order valence-electron chi connectivity index (χ1n) is 8.60. The summed E-state index contributed by atoms with van der Waals surface area (Å²) in [4.78, 5) is 14.5. The summed E-state index contributed by atoms with van der Waals surface area (Å²) in [6.45, 7) is 3.47. The Hall–Kier alpha value is -2.27. The number of hydrogen-bond donors (Lipinski definition) is 2. The van der Waals surface area contributed by atoms with Crippen LogP contribution in [0.4, 0.5) is 11.4 Å². The number of hydrogen-bond acceptors (Lipinski definition) is 4. The normalized spacial score (nSPS) is 19.3. The van der Waals surface area contributed by atoms with E-state index in [1.54, 1.807) is 4.57 Å². The van der Waals surface area contributed by atoms with Crippen molar-refractivity contribution >= 4 is 11.4 Å². The van der Waals surface area contributed by atoms with Crippen LogP contribution in [0.25, 0.3) is 0 Å². The second-order valence-corrected chi connectivity index (χ2v) is 7.07. The lowest BCUT2D eigenvalue weighted by molar-refractivity contribution is 0.657. The Morgan fingerprint density at radius 3 is 2.75 bits per heavy atom. The van der Waals surface area contributed by atoms with Gasteiger partial charge in [-0.25, -0.2) is 0 Å². The molecule has 1 aliphatic heterocycles. The lowest BCUT2D eigenvalue weighted by Gasteiger charge is -2.28. The van der Waals surface area contributed by atoms with Gasteiger partial charge >= 0.3 is 0 Å². The molecule has 1 saturated carbocycles. The Morgan fingerprint density at radius 2 is 2.08 bits per heavy atom. The lowest BCUT2D eigenvalue weighted by atomic mass is 10.1. The van der Waals surface area contributed by atoms with Crippen LogP contribution in [0.1, 0.15) is 35.7 Å². The van der Waals surface area contributed by atoms with E-state index < -0.39 is 0 Å². The fourth-order valence-electron chi connectivity index (χ4n) is 3.53. The van der Waals surface area contributed by atoms with Crippen LogP contribution in [0.2, 0.25) is 0 Å². The number of aryl methyl sites for hydroxylation is 2. The highest BCUT2D eigenvalue weighted by Gasteiger charge is 2.35. The van der Waals surface area contributed by atoms with Crippen LogP contribution in [-0.4, -0.2) is 11.1 Å². The molecule has 0 amide bonds. The Bertz CT molecular complexity index is 811. The quantitative estimate of drug-likeness (QED) is 0.907. The van der Waals surface area contributed by atoms with Crippen molar-refractivity contribution in [1.29, 1.82) is 0 Å². The van der Waals surface area contributed by atoms with E-state index in [1.165, 1.54) is 18.5 Å². The number of anilines is 2. The average molecular weight is 324 g/mol. The molecule has 4 rings (SSSR count). The zero-order valence-corrected chi connectivity index (χ0v) is 14.2. The van der Waals surface area contributed by atoms with Crippen LogP contribution in [-0.2, 0) is 13.6 Å². The molecular weight excluding hydrogens is 300 g/mol. The summed E-state index contributed by atoms with van der Waals surface area (Å²) >= 11 is 0. The fraction of sp³-hybridized carbons (Fsp3) is 0.421. The first kappa shape index (κ1) is 15.3. The van der Waals surface area contributed by atoms with Crippen LogP contribution in [0, 0.1) is 12.8 Å². The van der Waals surface area contributed by atoms with Crippen molar-refractivity contribution in [2.45, 2.75) is 32.5 Å². The molecule has 0 radical (unpaired) electrons. The summed E-state index contributed by atoms with van der Waals surface area (Å²) in [6, 6.07) is 8.40. The molecule has 126 valence electrons. The molecule has 1 aromatic carbocycles. The number of nitrogens with two attached hydrogens (primary N) is 1. The minimum Gasteiger partial charge on any atom is -0.360 e. The molecule has 24 heavy (non-hydrogen) atoms. The van der Waals surface area contributed by atoms with Gasteiger partial charge in [0, 0.05) is 37.5 Å². The van der Waals surface area contributed by atoms with E-state index in [-0.39, 0.29) is 11.7 Å². The van der Waals surface area contributed by atoms with E-state index in [2.05, 4.69) is 28.4 Å². The number of fused-ring (bicyclic) bond motifs is 1. The van der Waals surface area contributed by atoms with Gasteiger partial charge < -0.3 is 20.5 Å². The largest absolute Gasteiger partial charge is 0.360 e. The van der Waals surface area contributed by atoms with Gasteiger partial charge in [0.25, 0.3) is 5.56 Å². The second-order valence-electron chi connectivity index (χ2n) is 7.07. The first-order valence-corrected chi connectivity index (χ1v) is 8.60. The SMILES string of the molecule is Cc1cc(C2Nc3ccc(CN)cc3N2CC2CC2)cn(C)c1=O. The van der Waals surface area contributed by atoms with Crippen molar-refractivity contribution in [3.63, 3.8) is 0 Å². The molecule has 2 aliphatic rings. The molecule has 0 bridgehead atoms. The topological polar surface area (TPSA) is 63.3 Å². The van der Waals surface area contributed by atoms with Gasteiger partial charge in [0.15, 0.2) is 0 Å². The minimum atomic E-state index is 0.0634. The van der Waals surface area contributed by atoms with Gasteiger partial charge in [0.1, 0.15) is 6.17 Å². The van der Waals surface area contributed by atoms with Crippen LogP contribution < -0.4 is 21.5 Å². The molecular formula is C19H24N4O. The minimum absolute atomic E-state index is 0.0634. The average Bonchev–Trinajstić information content (AvgIpc) is 3.32. The summed E-state index contributed by atoms with van der Waals surface area (Å²) in [7, 11) is 1.82. The predicted octanol–water partition coefficient (Wildman–Crippen LogP) is 2.49. The molecule has 0 saturated heterocycles. The molecule has 1 aliphatic carbocycles. The van der Waals surface area contributed by atoms with E-state index in [0.29, 0.717) is 6.54 Å². The van der Waals surface area contributed by atoms with Gasteiger partial charge in [-0.1, -0.05) is 6.07 Å². The Morgan fingerprint density at radius 1 is 1.29 bits per heavy atom. The molecule has 5 nitrogen and oxygen atoms in total. The molecule has 1 aromatic heterocycles. The van der Waals surface area contributed by atoms with Crippen molar-refractivity contribution < 1.29 is 0 Å². The molecule has 5 heteroatoms. The second kappa shape index (κ2) is 5.67. The van der Waals surface area contributed by atoms with E-state index in [1.807, 2.05) is 26.2 Å². The van der Waals surface area contributed by atoms with Gasteiger partial charge in [0.05, 0.1) is 11.4 Å². The third kappa shape index (κ3) is 2.59. The maximum atomic E-state index is 12.0. The van der Waals surface area contributed by atoms with Gasteiger partial charge in [-0.05, 0) is 49.4 Å². The summed E-state index contributed by atoms with van der Waals surface area (Å²) < 4.78 is 1.68. The Balaban J connectivity index is 1.76. The molecule has 2 aromatic rings. The maximum absolute atomic E-state index is 12.0. The molecule has 1 atom stereocenters. The number of nitrogens with one attached hydrogen (secondary N) is 1. The standard InChI is InChI=1S/C19H24N4O/c1-12-7-15(11-22(2)19(12)24)18-21-16-6-5-14(9-20)8-17(16)23(18)10-13-3-4-13/h5-8,11,13,18,21H,3-4,9-10,20H2,1-2H3. The van der Waals surface area contributed by atoms with Crippen molar-refractivity contribution in [2.75, 3.05) is 16.8 Å². The van der Waals surface area contributed by atoms with Crippen LogP contribution in [0.3, 0.4) is 0 Å². The molecule has 0 spiro atoms. The van der Waals surface area contributed by atoms with Crippen molar-refractivity contribution in [2.24, 2.45) is 18.7 Å². The molecule has 1 unspecified atom stereocenters. The third-order valence-corrected chi connectivity index (χ3v) is 5.06. The van der Waals surface area contributed by atoms with Crippen LogP contribution >= 0.6 is 0 Å². The molecule has 1 fully saturated rings. The van der Waals surface area contributed by atoms with Gasteiger partial charge in [-0.3, -0.25) is 4.79 Å². The number of rotatable bonds is 4. The summed E-state index contributed by atoms with van der Waals surface area (Å²) in [5, 5.41) is 3.63. The van der Waals surface area contributed by atoms with Crippen LogP contribution in [0.15, 0.2) is 35.3 Å². The van der Waals surface area contributed by atoms with E-state index in [0.717, 1.165) is 34.8 Å². The van der Waals surface area contributed by atoms with E-state index in [4.69, 9.17) is 5.73 Å². The van der Waals surface area contributed by atoms with Crippen molar-refractivity contribution in [3.05, 3.63) is 57.5 Å². The van der Waals surface area contributed by atoms with E-state index in [9.17, 15) is 4.79 Å². The maximum Gasteiger partial charge on any atom is 0.253 e. The Kier molecular flexibility index (Phi) is 3.61. The smallest absolute Gasteiger partial charge is 0.253 e. The summed E-state index contributed by atoms with van der Waals surface area (Å²) in [5.41, 5.74) is 11.3. The number of benzene rings is 1. The van der Waals surface area contributed by atoms with Gasteiger partial charge in [-0.15, -0.1) is 0 Å². The Labute approximate surface area is 142 Å². The van der Waals surface area contributed by atoms with E-state index >= 15 is 0 Å². The zero-order valence-electron chi connectivity index (χ0n) is 14.2. The van der Waals surface area contributed by atoms with Crippen LogP contribution in [0.5, 0.6) is 0 Å². The predicted molar refractivity (Wildman–Crippen MR) is 97.2 cm³/mol. The van der Waals surface area contributed by atoms with Gasteiger partial charge in [-0.2, -0.15) is 0 Å². The fourth-order valence-corrected chi connectivity index (χ4v) is 3.53. The van der Waals surface area contributed by atoms with Crippen molar-refractivity contribution in [3.8, 4) is 0 Å². The highest BCUT2D eigenvalue weighted by Crippen LogP contribution is 2.44. The summed E-state index contributed by atoms with van der Waals surface area (Å²) in [5.74, 6) is 0.774. The summed E-state index contributed by atoms with van der Waals surface area (Å²) in [6.07, 6.45) is 4.63. The molecule has 3 N–H and O–H groups in total. The number of pyridine rings is 1. The van der Waals surface area contributed by atoms with Gasteiger partial charge in [0.2, 0.25) is 0 Å². The highest BCUT2D eigenvalue weighted by atomic mass is 16.1.